The molecule has 0 aliphatic heterocycles. The van der Waals surface area contributed by atoms with Gasteiger partial charge in [0, 0.05) is 23.0 Å². The first-order valence-electron chi connectivity index (χ1n) is 2.08. The van der Waals surface area contributed by atoms with Crippen molar-refractivity contribution in [3.63, 3.8) is 0 Å². The first kappa shape index (κ1) is 7.46. The number of rotatable bonds is 0. The van der Waals surface area contributed by atoms with Crippen molar-refractivity contribution in [1.29, 1.82) is 5.41 Å². The van der Waals surface area contributed by atoms with E-state index in [1.54, 1.807) is 12.3 Å². The van der Waals surface area contributed by atoms with Crippen LogP contribution in [0.2, 0.25) is 0 Å². The van der Waals surface area contributed by atoms with Gasteiger partial charge in [-0.15, -0.1) is 0 Å². The van der Waals surface area contributed by atoms with E-state index in [2.05, 4.69) is 4.98 Å². The molecule has 3 heteroatoms. The topological polar surface area (TPSA) is 39.6 Å². The Kier molecular flexibility index (Phi) is 3.22. The van der Waals surface area contributed by atoms with Crippen molar-refractivity contribution in [2.45, 2.75) is 0 Å². The number of nitrogens with one attached hydrogen (secondary N) is 2. The van der Waals surface area contributed by atoms with E-state index in [0.717, 1.165) is 0 Å². The molecule has 0 aliphatic carbocycles. The second kappa shape index (κ2) is 3.46. The van der Waals surface area contributed by atoms with Gasteiger partial charge < -0.3 is 4.98 Å². The maximum absolute atomic E-state index is 6.94. The van der Waals surface area contributed by atoms with Gasteiger partial charge in [0.1, 0.15) is 5.49 Å². The first-order valence-corrected chi connectivity index (χ1v) is 2.08. The molecule has 45 valence electrons. The molecule has 0 saturated carbocycles. The van der Waals surface area contributed by atoms with E-state index in [-0.39, 0.29) is 16.8 Å². The molecular formula is C5H6CoN2. The Bertz CT molecular complexity index is 176. The Labute approximate surface area is 57.7 Å². The maximum atomic E-state index is 6.94. The van der Waals surface area contributed by atoms with E-state index in [0.29, 0.717) is 5.49 Å². The molecule has 1 aromatic heterocycles. The van der Waals surface area contributed by atoms with Gasteiger partial charge in [-0.1, -0.05) is 6.07 Å². The number of hydrogen-bond acceptors (Lipinski definition) is 1. The molecule has 0 unspecified atom stereocenters. The zero-order valence-electron chi connectivity index (χ0n) is 4.14. The summed E-state index contributed by atoms with van der Waals surface area (Å²) in [6, 6.07) is 5.36. The Morgan fingerprint density at radius 2 is 2.12 bits per heavy atom. The zero-order valence-corrected chi connectivity index (χ0v) is 5.18. The molecule has 2 N–H and O–H groups in total. The predicted molar refractivity (Wildman–Crippen MR) is 26.6 cm³/mol. The van der Waals surface area contributed by atoms with Gasteiger partial charge >= 0.3 is 0 Å². The summed E-state index contributed by atoms with van der Waals surface area (Å²) in [6.07, 6.45) is 1.72. The average molecular weight is 153 g/mol. The number of aromatic nitrogens is 1. The number of H-pyrrole nitrogens is 1. The molecular weight excluding hydrogens is 147 g/mol. The third-order valence-electron chi connectivity index (χ3n) is 0.709. The van der Waals surface area contributed by atoms with Gasteiger partial charge in [0.15, 0.2) is 0 Å². The van der Waals surface area contributed by atoms with Crippen LogP contribution in [0, 0.1) is 5.41 Å². The van der Waals surface area contributed by atoms with Gasteiger partial charge in [-0.25, -0.2) is 0 Å². The molecule has 0 bridgehead atoms. The minimum atomic E-state index is 0. The molecule has 2 nitrogen and oxygen atoms in total. The van der Waals surface area contributed by atoms with Crippen molar-refractivity contribution in [1.82, 2.24) is 4.98 Å². The van der Waals surface area contributed by atoms with Crippen molar-refractivity contribution in [2.24, 2.45) is 0 Å². The van der Waals surface area contributed by atoms with Crippen LogP contribution in [0.1, 0.15) is 0 Å². The summed E-state index contributed by atoms with van der Waals surface area (Å²) in [7, 11) is 0. The van der Waals surface area contributed by atoms with Crippen LogP contribution in [-0.4, -0.2) is 4.98 Å². The fourth-order valence-corrected chi connectivity index (χ4v) is 0.393. The van der Waals surface area contributed by atoms with Crippen LogP contribution in [0.25, 0.3) is 0 Å². The summed E-state index contributed by atoms with van der Waals surface area (Å²) in [5.74, 6) is 0. The molecule has 1 heterocycles. The van der Waals surface area contributed by atoms with Gasteiger partial charge in [0.2, 0.25) is 0 Å². The molecule has 0 fully saturated rings. The van der Waals surface area contributed by atoms with Gasteiger partial charge in [-0.05, 0) is 12.1 Å². The fraction of sp³-hybridized carbons (Fsp3) is 0. The molecule has 1 rings (SSSR count). The molecule has 0 spiro atoms. The summed E-state index contributed by atoms with van der Waals surface area (Å²) >= 11 is 0. The molecule has 0 aromatic carbocycles. The van der Waals surface area contributed by atoms with Crippen LogP contribution >= 0.6 is 0 Å². The first-order chi connectivity index (χ1) is 3.39. The fourth-order valence-electron chi connectivity index (χ4n) is 0.393. The number of aromatic amines is 1. The van der Waals surface area contributed by atoms with Crippen LogP contribution < -0.4 is 5.49 Å². The Morgan fingerprint density at radius 1 is 1.38 bits per heavy atom. The van der Waals surface area contributed by atoms with E-state index in [1.165, 1.54) is 0 Å². The average Bonchev–Trinajstić information content (AvgIpc) is 1.69. The molecule has 0 saturated heterocycles. The van der Waals surface area contributed by atoms with Crippen LogP contribution in [0.5, 0.6) is 0 Å². The van der Waals surface area contributed by atoms with Crippen LogP contribution in [0.15, 0.2) is 24.4 Å². The normalized spacial score (nSPS) is 7.50. The zero-order chi connectivity index (χ0) is 5.11. The number of pyridine rings is 1. The van der Waals surface area contributed by atoms with Crippen LogP contribution in [0.4, 0.5) is 0 Å². The van der Waals surface area contributed by atoms with Crippen molar-refractivity contribution >= 4 is 0 Å². The molecule has 0 atom stereocenters. The van der Waals surface area contributed by atoms with Gasteiger partial charge in [0.25, 0.3) is 0 Å². The van der Waals surface area contributed by atoms with Crippen molar-refractivity contribution in [2.75, 3.05) is 0 Å². The summed E-state index contributed by atoms with van der Waals surface area (Å²) in [4.78, 5) is 2.70. The van der Waals surface area contributed by atoms with E-state index in [4.69, 9.17) is 5.41 Å². The van der Waals surface area contributed by atoms with E-state index < -0.39 is 0 Å². The third-order valence-corrected chi connectivity index (χ3v) is 0.709. The third kappa shape index (κ3) is 1.95. The van der Waals surface area contributed by atoms with E-state index >= 15 is 0 Å². The molecule has 1 aromatic rings. The SMILES string of the molecule is N=c1cccc[nH]1.[Co]. The van der Waals surface area contributed by atoms with Gasteiger partial charge in [-0.2, -0.15) is 0 Å². The summed E-state index contributed by atoms with van der Waals surface area (Å²) in [5.41, 5.74) is 0.447. The maximum Gasteiger partial charge on any atom is 0.121 e. The molecule has 1 radical (unpaired) electrons. The minimum absolute atomic E-state index is 0. The van der Waals surface area contributed by atoms with Crippen LogP contribution in [-0.2, 0) is 16.8 Å². The Balaban J connectivity index is 0.000000490. The molecule has 0 aliphatic rings. The minimum Gasteiger partial charge on any atom is -0.347 e. The summed E-state index contributed by atoms with van der Waals surface area (Å²) in [6.45, 7) is 0. The van der Waals surface area contributed by atoms with Crippen molar-refractivity contribution < 1.29 is 16.8 Å². The number of hydrogen-bond donors (Lipinski definition) is 2. The monoisotopic (exact) mass is 153 g/mol. The Morgan fingerprint density at radius 3 is 2.38 bits per heavy atom. The van der Waals surface area contributed by atoms with Gasteiger partial charge in [-0.3, -0.25) is 5.41 Å². The predicted octanol–water partition coefficient (Wildman–Crippen LogP) is 0.492. The summed E-state index contributed by atoms with van der Waals surface area (Å²) < 4.78 is 0. The smallest absolute Gasteiger partial charge is 0.121 e. The summed E-state index contributed by atoms with van der Waals surface area (Å²) in [5, 5.41) is 6.94. The van der Waals surface area contributed by atoms with E-state index in [1.807, 2.05) is 12.1 Å². The second-order valence-corrected chi connectivity index (χ2v) is 1.28. The Hall–Kier alpha value is -0.544. The quantitative estimate of drug-likeness (QED) is 0.544. The van der Waals surface area contributed by atoms with E-state index in [9.17, 15) is 0 Å². The van der Waals surface area contributed by atoms with Crippen molar-refractivity contribution in [3.05, 3.63) is 29.9 Å². The molecule has 8 heavy (non-hydrogen) atoms. The van der Waals surface area contributed by atoms with Crippen LogP contribution in [0.3, 0.4) is 0 Å². The molecule has 0 amide bonds. The van der Waals surface area contributed by atoms with Crippen molar-refractivity contribution in [3.8, 4) is 0 Å². The van der Waals surface area contributed by atoms with Gasteiger partial charge in [0.05, 0.1) is 0 Å². The second-order valence-electron chi connectivity index (χ2n) is 1.28. The largest absolute Gasteiger partial charge is 0.347 e. The standard InChI is InChI=1S/C5H6N2.Co/c6-5-3-1-2-4-7-5;/h1-4H,(H2,6,7);.